The SMILES string of the molecule is CN(CC1CCCC1)c1nccc(C#N)c1N. The summed E-state index contributed by atoms with van der Waals surface area (Å²) in [4.78, 5) is 6.35. The second kappa shape index (κ2) is 5.05. The van der Waals surface area contributed by atoms with Crippen LogP contribution < -0.4 is 10.6 Å². The fraction of sp³-hybridized carbons (Fsp3) is 0.538. The van der Waals surface area contributed by atoms with Crippen molar-refractivity contribution in [3.63, 3.8) is 0 Å². The Labute approximate surface area is 102 Å². The van der Waals surface area contributed by atoms with Gasteiger partial charge in [0.15, 0.2) is 5.82 Å². The number of rotatable bonds is 3. The minimum absolute atomic E-state index is 0.496. The predicted octanol–water partition coefficient (Wildman–Crippen LogP) is 2.16. The summed E-state index contributed by atoms with van der Waals surface area (Å²) in [5.41, 5.74) is 6.95. The van der Waals surface area contributed by atoms with E-state index >= 15 is 0 Å². The summed E-state index contributed by atoms with van der Waals surface area (Å²) in [6.45, 7) is 0.978. The third-order valence-electron chi connectivity index (χ3n) is 3.46. The Hall–Kier alpha value is -1.76. The molecule has 1 heterocycles. The van der Waals surface area contributed by atoms with Crippen molar-refractivity contribution in [2.75, 3.05) is 24.2 Å². The van der Waals surface area contributed by atoms with Crippen LogP contribution in [0.4, 0.5) is 11.5 Å². The number of nitrogens with two attached hydrogens (primary N) is 1. The molecular formula is C13H18N4. The molecule has 1 aliphatic rings. The van der Waals surface area contributed by atoms with Gasteiger partial charge in [-0.2, -0.15) is 5.26 Å². The first-order valence-electron chi connectivity index (χ1n) is 6.08. The predicted molar refractivity (Wildman–Crippen MR) is 68.6 cm³/mol. The van der Waals surface area contributed by atoms with Crippen LogP contribution in [0.2, 0.25) is 0 Å². The molecular weight excluding hydrogens is 212 g/mol. The second-order valence-corrected chi connectivity index (χ2v) is 4.74. The maximum absolute atomic E-state index is 8.93. The van der Waals surface area contributed by atoms with Crippen LogP contribution in [0.15, 0.2) is 12.3 Å². The van der Waals surface area contributed by atoms with Gasteiger partial charge in [-0.1, -0.05) is 12.8 Å². The van der Waals surface area contributed by atoms with Crippen LogP contribution in [0.3, 0.4) is 0 Å². The van der Waals surface area contributed by atoms with Crippen molar-refractivity contribution in [1.29, 1.82) is 5.26 Å². The van der Waals surface area contributed by atoms with E-state index in [4.69, 9.17) is 11.0 Å². The first-order chi connectivity index (χ1) is 8.22. The highest BCUT2D eigenvalue weighted by Crippen LogP contribution is 2.28. The van der Waals surface area contributed by atoms with E-state index in [1.54, 1.807) is 12.3 Å². The molecule has 0 saturated heterocycles. The van der Waals surface area contributed by atoms with Gasteiger partial charge in [0.05, 0.1) is 11.3 Å². The van der Waals surface area contributed by atoms with E-state index in [1.807, 2.05) is 7.05 Å². The summed E-state index contributed by atoms with van der Waals surface area (Å²) < 4.78 is 0. The van der Waals surface area contributed by atoms with Crippen molar-refractivity contribution < 1.29 is 0 Å². The molecule has 2 N–H and O–H groups in total. The molecule has 0 atom stereocenters. The van der Waals surface area contributed by atoms with Crippen molar-refractivity contribution >= 4 is 11.5 Å². The molecule has 90 valence electrons. The fourth-order valence-electron chi connectivity index (χ4n) is 2.53. The molecule has 4 nitrogen and oxygen atoms in total. The molecule has 1 aromatic heterocycles. The van der Waals surface area contributed by atoms with Gasteiger partial charge in [0.25, 0.3) is 0 Å². The van der Waals surface area contributed by atoms with Gasteiger partial charge in [-0.25, -0.2) is 4.98 Å². The molecule has 1 aliphatic carbocycles. The standard InChI is InChI=1S/C13H18N4/c1-17(9-10-4-2-3-5-10)13-12(15)11(8-14)6-7-16-13/h6-7,10H,2-5,9,15H2,1H3. The summed E-state index contributed by atoms with van der Waals surface area (Å²) in [6.07, 6.45) is 6.90. The molecule has 0 radical (unpaired) electrons. The van der Waals surface area contributed by atoms with Crippen molar-refractivity contribution in [1.82, 2.24) is 4.98 Å². The van der Waals surface area contributed by atoms with Gasteiger partial charge in [0, 0.05) is 19.8 Å². The van der Waals surface area contributed by atoms with E-state index in [9.17, 15) is 0 Å². The Morgan fingerprint density at radius 2 is 2.24 bits per heavy atom. The molecule has 1 aromatic rings. The zero-order valence-electron chi connectivity index (χ0n) is 10.2. The number of nitrogens with zero attached hydrogens (tertiary/aromatic N) is 3. The summed E-state index contributed by atoms with van der Waals surface area (Å²) in [7, 11) is 2.00. The Kier molecular flexibility index (Phi) is 3.48. The smallest absolute Gasteiger partial charge is 0.152 e. The van der Waals surface area contributed by atoms with Gasteiger partial charge in [-0.15, -0.1) is 0 Å². The highest BCUT2D eigenvalue weighted by Gasteiger charge is 2.19. The number of anilines is 2. The number of hydrogen-bond acceptors (Lipinski definition) is 4. The van der Waals surface area contributed by atoms with Gasteiger partial charge in [-0.05, 0) is 24.8 Å². The topological polar surface area (TPSA) is 65.9 Å². The van der Waals surface area contributed by atoms with E-state index in [0.29, 0.717) is 11.3 Å². The Balaban J connectivity index is 2.13. The summed E-state index contributed by atoms with van der Waals surface area (Å²) in [6, 6.07) is 3.75. The minimum Gasteiger partial charge on any atom is -0.395 e. The molecule has 1 fully saturated rings. The number of pyridine rings is 1. The zero-order valence-corrected chi connectivity index (χ0v) is 10.2. The van der Waals surface area contributed by atoms with Crippen LogP contribution in [0.1, 0.15) is 31.2 Å². The number of nitriles is 1. The van der Waals surface area contributed by atoms with Crippen LogP contribution in [0.25, 0.3) is 0 Å². The third kappa shape index (κ3) is 2.50. The Bertz CT molecular complexity index is 430. The lowest BCUT2D eigenvalue weighted by Crippen LogP contribution is -2.26. The molecule has 17 heavy (non-hydrogen) atoms. The summed E-state index contributed by atoms with van der Waals surface area (Å²) in [5.74, 6) is 1.47. The normalized spacial score (nSPS) is 15.8. The number of nitrogen functional groups attached to an aromatic ring is 1. The molecule has 0 aliphatic heterocycles. The van der Waals surface area contributed by atoms with Crippen LogP contribution in [-0.4, -0.2) is 18.6 Å². The molecule has 0 bridgehead atoms. The Morgan fingerprint density at radius 3 is 2.88 bits per heavy atom. The van der Waals surface area contributed by atoms with Crippen LogP contribution in [0, 0.1) is 17.2 Å². The molecule has 0 unspecified atom stereocenters. The van der Waals surface area contributed by atoms with E-state index < -0.39 is 0 Å². The maximum Gasteiger partial charge on any atom is 0.152 e. The largest absolute Gasteiger partial charge is 0.395 e. The highest BCUT2D eigenvalue weighted by molar-refractivity contribution is 5.69. The van der Waals surface area contributed by atoms with Gasteiger partial charge < -0.3 is 10.6 Å². The summed E-state index contributed by atoms with van der Waals surface area (Å²) >= 11 is 0. The third-order valence-corrected chi connectivity index (χ3v) is 3.46. The average Bonchev–Trinajstić information content (AvgIpc) is 2.82. The monoisotopic (exact) mass is 230 g/mol. The van der Waals surface area contributed by atoms with E-state index in [-0.39, 0.29) is 0 Å². The molecule has 0 aromatic carbocycles. The lowest BCUT2D eigenvalue weighted by molar-refractivity contribution is 0.545. The zero-order chi connectivity index (χ0) is 12.3. The average molecular weight is 230 g/mol. The maximum atomic E-state index is 8.93. The lowest BCUT2D eigenvalue weighted by atomic mass is 10.1. The van der Waals surface area contributed by atoms with Crippen LogP contribution in [0.5, 0.6) is 0 Å². The van der Waals surface area contributed by atoms with Gasteiger partial charge >= 0.3 is 0 Å². The Morgan fingerprint density at radius 1 is 1.53 bits per heavy atom. The van der Waals surface area contributed by atoms with Crippen molar-refractivity contribution in [2.45, 2.75) is 25.7 Å². The number of hydrogen-bond donors (Lipinski definition) is 1. The lowest BCUT2D eigenvalue weighted by Gasteiger charge is -2.23. The van der Waals surface area contributed by atoms with Crippen molar-refractivity contribution in [3.05, 3.63) is 17.8 Å². The van der Waals surface area contributed by atoms with Crippen LogP contribution >= 0.6 is 0 Å². The van der Waals surface area contributed by atoms with E-state index in [1.165, 1.54) is 25.7 Å². The van der Waals surface area contributed by atoms with E-state index in [0.717, 1.165) is 18.3 Å². The fourth-order valence-corrected chi connectivity index (χ4v) is 2.53. The van der Waals surface area contributed by atoms with Gasteiger partial charge in [0.1, 0.15) is 6.07 Å². The number of aromatic nitrogens is 1. The molecule has 4 heteroatoms. The minimum atomic E-state index is 0.496. The molecule has 0 spiro atoms. The van der Waals surface area contributed by atoms with Crippen LogP contribution in [-0.2, 0) is 0 Å². The quantitative estimate of drug-likeness (QED) is 0.864. The van der Waals surface area contributed by atoms with Crippen molar-refractivity contribution in [3.8, 4) is 6.07 Å². The first-order valence-corrected chi connectivity index (χ1v) is 6.08. The molecule has 2 rings (SSSR count). The van der Waals surface area contributed by atoms with Crippen molar-refractivity contribution in [2.24, 2.45) is 5.92 Å². The van der Waals surface area contributed by atoms with Gasteiger partial charge in [-0.3, -0.25) is 0 Å². The summed E-state index contributed by atoms with van der Waals surface area (Å²) in [5, 5.41) is 8.93. The first kappa shape index (κ1) is 11.7. The van der Waals surface area contributed by atoms with Gasteiger partial charge in [0.2, 0.25) is 0 Å². The highest BCUT2D eigenvalue weighted by atomic mass is 15.2. The molecule has 0 amide bonds. The molecule has 1 saturated carbocycles. The second-order valence-electron chi connectivity index (χ2n) is 4.74. The van der Waals surface area contributed by atoms with E-state index in [2.05, 4.69) is 16.0 Å².